The van der Waals surface area contributed by atoms with Crippen LogP contribution in [-0.4, -0.2) is 63.6 Å². The van der Waals surface area contributed by atoms with Crippen molar-refractivity contribution < 1.29 is 32.5 Å². The van der Waals surface area contributed by atoms with Gasteiger partial charge in [0.1, 0.15) is 0 Å². The molecule has 0 radical (unpaired) electrons. The number of carboxylic acid groups (broad SMARTS) is 1. The highest BCUT2D eigenvalue weighted by atomic mass is 19.4. The summed E-state index contributed by atoms with van der Waals surface area (Å²) < 4.78 is 43.8. The smallest absolute Gasteiger partial charge is 0.475 e. The molecule has 0 bridgehead atoms. The Labute approximate surface area is 183 Å². The number of rotatable bonds is 5. The van der Waals surface area contributed by atoms with Crippen molar-refractivity contribution in [2.45, 2.75) is 57.2 Å². The van der Waals surface area contributed by atoms with Gasteiger partial charge < -0.3 is 19.5 Å². The molecule has 3 atom stereocenters. The molecule has 2 saturated heterocycles. The maximum absolute atomic E-state index is 10.6. The van der Waals surface area contributed by atoms with Crippen molar-refractivity contribution in [3.05, 3.63) is 48.0 Å². The van der Waals surface area contributed by atoms with Crippen LogP contribution in [0.2, 0.25) is 0 Å². The van der Waals surface area contributed by atoms with Gasteiger partial charge in [0, 0.05) is 25.1 Å². The van der Waals surface area contributed by atoms with Gasteiger partial charge >= 0.3 is 12.1 Å². The zero-order valence-corrected chi connectivity index (χ0v) is 17.5. The van der Waals surface area contributed by atoms with Crippen molar-refractivity contribution in [1.82, 2.24) is 15.0 Å². The zero-order chi connectivity index (χ0) is 23.1. The molecule has 4 rings (SSSR count). The second-order valence-corrected chi connectivity index (χ2v) is 7.62. The Morgan fingerprint density at radius 1 is 1.22 bits per heavy atom. The predicted molar refractivity (Wildman–Crippen MR) is 108 cm³/mol. The van der Waals surface area contributed by atoms with Gasteiger partial charge in [-0.3, -0.25) is 4.98 Å². The molecule has 0 spiro atoms. The van der Waals surface area contributed by atoms with E-state index in [4.69, 9.17) is 19.4 Å². The van der Waals surface area contributed by atoms with Crippen LogP contribution >= 0.6 is 0 Å². The maximum Gasteiger partial charge on any atom is 0.490 e. The second kappa shape index (κ2) is 10.7. The van der Waals surface area contributed by atoms with Crippen molar-refractivity contribution in [2.24, 2.45) is 0 Å². The highest BCUT2D eigenvalue weighted by Crippen LogP contribution is 2.33. The number of ether oxygens (including phenoxy) is 2. The number of anilines is 1. The monoisotopic (exact) mass is 454 g/mol. The van der Waals surface area contributed by atoms with Crippen LogP contribution in [0.3, 0.4) is 0 Å². The normalized spacial score (nSPS) is 22.6. The number of nitrogens with zero attached hydrogens (tertiary/aromatic N) is 4. The van der Waals surface area contributed by atoms with E-state index in [1.807, 2.05) is 37.5 Å². The van der Waals surface area contributed by atoms with Crippen LogP contribution in [0.25, 0.3) is 0 Å². The Hall–Kier alpha value is -2.79. The van der Waals surface area contributed by atoms with E-state index in [-0.39, 0.29) is 12.2 Å². The summed E-state index contributed by atoms with van der Waals surface area (Å²) in [4.78, 5) is 24.4. The van der Waals surface area contributed by atoms with Crippen LogP contribution in [0.4, 0.5) is 19.1 Å². The van der Waals surface area contributed by atoms with E-state index in [9.17, 15) is 13.2 Å². The molecule has 2 aliphatic rings. The number of halogens is 3. The fourth-order valence-electron chi connectivity index (χ4n) is 3.68. The summed E-state index contributed by atoms with van der Waals surface area (Å²) in [6, 6.07) is 6.26. The van der Waals surface area contributed by atoms with Gasteiger partial charge in [-0.25, -0.2) is 14.8 Å². The Balaban J connectivity index is 0.000000360. The molecular weight excluding hydrogens is 429 g/mol. The highest BCUT2D eigenvalue weighted by Gasteiger charge is 2.41. The lowest BCUT2D eigenvalue weighted by atomic mass is 9.99. The molecule has 8 nitrogen and oxygen atoms in total. The average Bonchev–Trinajstić information content (AvgIpc) is 3.18. The van der Waals surface area contributed by atoms with Gasteiger partial charge in [0.25, 0.3) is 0 Å². The third-order valence-electron chi connectivity index (χ3n) is 5.18. The summed E-state index contributed by atoms with van der Waals surface area (Å²) in [6.07, 6.45) is 4.03. The molecule has 11 heteroatoms. The second-order valence-electron chi connectivity index (χ2n) is 7.62. The molecule has 0 aliphatic carbocycles. The van der Waals surface area contributed by atoms with E-state index >= 15 is 0 Å². The number of aliphatic carboxylic acids is 1. The fraction of sp³-hybridized carbons (Fsp3) is 0.524. The minimum atomic E-state index is -5.08. The molecule has 1 N–H and O–H groups in total. The molecule has 2 aromatic heterocycles. The molecule has 4 heterocycles. The molecule has 174 valence electrons. The van der Waals surface area contributed by atoms with Crippen molar-refractivity contribution in [3.63, 3.8) is 0 Å². The summed E-state index contributed by atoms with van der Waals surface area (Å²) in [5.41, 5.74) is 2.05. The molecular formula is C21H25F3N4O4. The van der Waals surface area contributed by atoms with Crippen LogP contribution in [0.1, 0.15) is 30.5 Å². The van der Waals surface area contributed by atoms with Crippen LogP contribution in [0.15, 0.2) is 36.8 Å². The van der Waals surface area contributed by atoms with E-state index in [2.05, 4.69) is 19.9 Å². The van der Waals surface area contributed by atoms with Crippen molar-refractivity contribution in [3.8, 4) is 0 Å². The lowest BCUT2D eigenvalue weighted by Gasteiger charge is -2.35. The molecule has 2 fully saturated rings. The SMILES string of the molecule is Cc1cnc(N2CC[C@@H]3O[C@H](COCc4ccccn4)CC[C@@H]32)nc1.O=C(O)C(F)(F)F. The Morgan fingerprint density at radius 2 is 1.94 bits per heavy atom. The van der Waals surface area contributed by atoms with E-state index in [1.54, 1.807) is 6.20 Å². The number of alkyl halides is 3. The number of pyridine rings is 1. The van der Waals surface area contributed by atoms with E-state index in [0.29, 0.717) is 19.3 Å². The minimum Gasteiger partial charge on any atom is -0.475 e. The summed E-state index contributed by atoms with van der Waals surface area (Å²) in [6.45, 7) is 4.13. The van der Waals surface area contributed by atoms with Gasteiger partial charge in [-0.1, -0.05) is 6.07 Å². The molecule has 0 saturated carbocycles. The summed E-state index contributed by atoms with van der Waals surface area (Å²) in [5, 5.41) is 7.12. The number of hydrogen-bond acceptors (Lipinski definition) is 7. The summed E-state index contributed by atoms with van der Waals surface area (Å²) >= 11 is 0. The number of carbonyl (C=O) groups is 1. The molecule has 32 heavy (non-hydrogen) atoms. The van der Waals surface area contributed by atoms with Crippen molar-refractivity contribution in [1.29, 1.82) is 0 Å². The molecule has 0 aromatic carbocycles. The lowest BCUT2D eigenvalue weighted by Crippen LogP contribution is -2.44. The van der Waals surface area contributed by atoms with Crippen molar-refractivity contribution in [2.75, 3.05) is 18.1 Å². The minimum absolute atomic E-state index is 0.170. The van der Waals surface area contributed by atoms with Gasteiger partial charge in [0.2, 0.25) is 5.95 Å². The van der Waals surface area contributed by atoms with Crippen molar-refractivity contribution >= 4 is 11.9 Å². The van der Waals surface area contributed by atoms with Crippen LogP contribution < -0.4 is 4.90 Å². The van der Waals surface area contributed by atoms with E-state index in [1.165, 1.54) is 0 Å². The van der Waals surface area contributed by atoms with E-state index in [0.717, 1.165) is 43.0 Å². The Bertz CT molecular complexity index is 868. The molecule has 2 aliphatic heterocycles. The molecule has 0 unspecified atom stereocenters. The number of fused-ring (bicyclic) bond motifs is 1. The quantitative estimate of drug-likeness (QED) is 0.736. The zero-order valence-electron chi connectivity index (χ0n) is 17.5. The number of carboxylic acids is 1. The predicted octanol–water partition coefficient (Wildman–Crippen LogP) is 3.16. The summed E-state index contributed by atoms with van der Waals surface area (Å²) in [7, 11) is 0. The van der Waals surface area contributed by atoms with Gasteiger partial charge in [-0.2, -0.15) is 13.2 Å². The van der Waals surface area contributed by atoms with Crippen LogP contribution in [0.5, 0.6) is 0 Å². The number of hydrogen-bond donors (Lipinski definition) is 1. The Kier molecular flexibility index (Phi) is 7.97. The first-order valence-corrected chi connectivity index (χ1v) is 10.2. The Morgan fingerprint density at radius 3 is 2.56 bits per heavy atom. The lowest BCUT2D eigenvalue weighted by molar-refractivity contribution is -0.192. The van der Waals surface area contributed by atoms with Crippen LogP contribution in [0, 0.1) is 6.92 Å². The first kappa shape index (κ1) is 23.9. The highest BCUT2D eigenvalue weighted by molar-refractivity contribution is 5.73. The largest absolute Gasteiger partial charge is 0.490 e. The van der Waals surface area contributed by atoms with Gasteiger partial charge in [-0.05, 0) is 43.9 Å². The van der Waals surface area contributed by atoms with Crippen LogP contribution in [-0.2, 0) is 20.9 Å². The maximum atomic E-state index is 10.6. The third-order valence-corrected chi connectivity index (χ3v) is 5.18. The standard InChI is InChI=1S/C19H24N4O2.C2HF3O2/c1-14-10-21-19(22-11-14)23-9-7-18-17(23)6-5-16(25-18)13-24-12-15-4-2-3-8-20-15;3-2(4,5)1(6)7/h2-4,8,10-11,16-18H,5-7,9,12-13H2,1H3;(H,6,7)/t16-,17-,18-;/m0./s1. The third kappa shape index (κ3) is 6.60. The van der Waals surface area contributed by atoms with Gasteiger partial charge in [-0.15, -0.1) is 0 Å². The first-order valence-electron chi connectivity index (χ1n) is 10.2. The molecule has 0 amide bonds. The number of aryl methyl sites for hydroxylation is 1. The van der Waals surface area contributed by atoms with Gasteiger partial charge in [0.05, 0.1) is 37.2 Å². The summed E-state index contributed by atoms with van der Waals surface area (Å²) in [5.74, 6) is -1.93. The van der Waals surface area contributed by atoms with E-state index < -0.39 is 12.1 Å². The average molecular weight is 454 g/mol. The fourth-order valence-corrected chi connectivity index (χ4v) is 3.68. The topological polar surface area (TPSA) is 97.7 Å². The molecule has 2 aromatic rings. The first-order chi connectivity index (χ1) is 15.2. The van der Waals surface area contributed by atoms with Gasteiger partial charge in [0.15, 0.2) is 0 Å². The number of aromatic nitrogens is 3.